The van der Waals surface area contributed by atoms with E-state index in [0.29, 0.717) is 0 Å². The molecule has 0 saturated heterocycles. The SMILES string of the molecule is c1ccc(-c2cccc3cccc(-c4ccccc4N(c4ccccc4-c4cccc5cccc(-c6ccccc6)c45)c4ccccc4-c4cccc5oc6ccccc6c45)c23)cc1. The second-order valence-corrected chi connectivity index (χ2v) is 16.3. The third kappa shape index (κ3) is 6.27. The summed E-state index contributed by atoms with van der Waals surface area (Å²) in [6.07, 6.45) is 0. The highest BCUT2D eigenvalue weighted by Gasteiger charge is 2.26. The number of nitrogens with zero attached hydrogens (tertiary/aromatic N) is 1. The highest BCUT2D eigenvalue weighted by atomic mass is 16.3. The normalized spacial score (nSPS) is 11.4. The Hall–Kier alpha value is -8.46. The molecule has 0 radical (unpaired) electrons. The molecule has 11 aromatic carbocycles. The van der Waals surface area contributed by atoms with Gasteiger partial charge in [-0.25, -0.2) is 0 Å². The molecule has 1 aromatic heterocycles. The van der Waals surface area contributed by atoms with Gasteiger partial charge in [0.25, 0.3) is 0 Å². The monoisotopic (exact) mass is 815 g/mol. The first kappa shape index (κ1) is 37.3. The van der Waals surface area contributed by atoms with E-state index < -0.39 is 0 Å². The molecule has 0 fully saturated rings. The van der Waals surface area contributed by atoms with E-state index in [0.717, 1.165) is 61.3 Å². The summed E-state index contributed by atoms with van der Waals surface area (Å²) in [6, 6.07) is 89.8. The van der Waals surface area contributed by atoms with Crippen molar-refractivity contribution in [3.8, 4) is 55.6 Å². The van der Waals surface area contributed by atoms with Crippen molar-refractivity contribution in [1.82, 2.24) is 0 Å². The average Bonchev–Trinajstić information content (AvgIpc) is 3.76. The lowest BCUT2D eigenvalue weighted by atomic mass is 9.89. The number of hydrogen-bond donors (Lipinski definition) is 0. The summed E-state index contributed by atoms with van der Waals surface area (Å²) in [5.41, 5.74) is 16.6. The molecule has 0 bridgehead atoms. The molecule has 0 aliphatic heterocycles. The largest absolute Gasteiger partial charge is 0.456 e. The smallest absolute Gasteiger partial charge is 0.136 e. The summed E-state index contributed by atoms with van der Waals surface area (Å²) < 4.78 is 6.50. The van der Waals surface area contributed by atoms with Crippen LogP contribution in [0.2, 0.25) is 0 Å². The van der Waals surface area contributed by atoms with E-state index >= 15 is 0 Å². The van der Waals surface area contributed by atoms with Gasteiger partial charge in [-0.05, 0) is 90.8 Å². The van der Waals surface area contributed by atoms with Crippen LogP contribution in [0.1, 0.15) is 0 Å². The molecule has 0 atom stereocenters. The molecule has 0 N–H and O–H groups in total. The molecule has 2 heteroatoms. The first-order chi connectivity index (χ1) is 31.8. The predicted octanol–water partition coefficient (Wildman–Crippen LogP) is 17.7. The number of furan rings is 1. The molecule has 0 aliphatic carbocycles. The number of anilines is 3. The maximum atomic E-state index is 6.50. The third-order valence-corrected chi connectivity index (χ3v) is 12.7. The maximum Gasteiger partial charge on any atom is 0.136 e. The Morgan fingerprint density at radius 2 is 0.578 bits per heavy atom. The number of hydrogen-bond acceptors (Lipinski definition) is 2. The Kier molecular flexibility index (Phi) is 9.20. The highest BCUT2D eigenvalue weighted by Crippen LogP contribution is 2.51. The lowest BCUT2D eigenvalue weighted by molar-refractivity contribution is 0.669. The van der Waals surface area contributed by atoms with Gasteiger partial charge in [-0.15, -0.1) is 0 Å². The summed E-state index contributed by atoms with van der Waals surface area (Å²) in [7, 11) is 0. The third-order valence-electron chi connectivity index (χ3n) is 12.7. The number of para-hydroxylation sites is 4. The molecule has 1 heterocycles. The summed E-state index contributed by atoms with van der Waals surface area (Å²) in [6.45, 7) is 0. The second-order valence-electron chi connectivity index (χ2n) is 16.3. The van der Waals surface area contributed by atoms with Crippen LogP contribution in [-0.4, -0.2) is 0 Å². The molecule has 12 rings (SSSR count). The van der Waals surface area contributed by atoms with E-state index in [2.05, 4.69) is 248 Å². The van der Waals surface area contributed by atoms with Crippen molar-refractivity contribution in [3.05, 3.63) is 249 Å². The Bertz CT molecular complexity index is 3500. The first-order valence-electron chi connectivity index (χ1n) is 21.9. The maximum absolute atomic E-state index is 6.50. The fourth-order valence-electron chi connectivity index (χ4n) is 9.92. The zero-order valence-corrected chi connectivity index (χ0v) is 35.0. The molecule has 0 aliphatic rings. The molecule has 0 saturated carbocycles. The fraction of sp³-hybridized carbons (Fsp3) is 0. The van der Waals surface area contributed by atoms with E-state index in [4.69, 9.17) is 4.42 Å². The first-order valence-corrected chi connectivity index (χ1v) is 21.9. The van der Waals surface area contributed by atoms with Crippen molar-refractivity contribution >= 4 is 60.5 Å². The van der Waals surface area contributed by atoms with Crippen molar-refractivity contribution in [1.29, 1.82) is 0 Å². The molecule has 64 heavy (non-hydrogen) atoms. The molecular weight excluding hydrogens is 775 g/mol. The van der Waals surface area contributed by atoms with Crippen molar-refractivity contribution in [3.63, 3.8) is 0 Å². The molecule has 0 unspecified atom stereocenters. The van der Waals surface area contributed by atoms with E-state index in [1.54, 1.807) is 0 Å². The van der Waals surface area contributed by atoms with Gasteiger partial charge < -0.3 is 9.32 Å². The van der Waals surface area contributed by atoms with E-state index in [1.165, 1.54) is 54.9 Å². The number of fused-ring (bicyclic) bond motifs is 5. The molecule has 2 nitrogen and oxygen atoms in total. The van der Waals surface area contributed by atoms with Gasteiger partial charge in [0, 0.05) is 27.5 Å². The van der Waals surface area contributed by atoms with Crippen LogP contribution >= 0.6 is 0 Å². The molecule has 12 aromatic rings. The van der Waals surface area contributed by atoms with Gasteiger partial charge in [0.2, 0.25) is 0 Å². The van der Waals surface area contributed by atoms with Crippen LogP contribution in [0.4, 0.5) is 17.1 Å². The summed E-state index contributed by atoms with van der Waals surface area (Å²) >= 11 is 0. The van der Waals surface area contributed by atoms with Crippen molar-refractivity contribution in [2.45, 2.75) is 0 Å². The topological polar surface area (TPSA) is 16.4 Å². The van der Waals surface area contributed by atoms with Crippen molar-refractivity contribution < 1.29 is 4.42 Å². The van der Waals surface area contributed by atoms with Crippen LogP contribution in [-0.2, 0) is 0 Å². The summed E-state index contributed by atoms with van der Waals surface area (Å²) in [5.74, 6) is 0. The fourth-order valence-corrected chi connectivity index (χ4v) is 9.92. The Morgan fingerprint density at radius 1 is 0.234 bits per heavy atom. The minimum absolute atomic E-state index is 0.870. The van der Waals surface area contributed by atoms with Crippen LogP contribution in [0.5, 0.6) is 0 Å². The van der Waals surface area contributed by atoms with E-state index in [-0.39, 0.29) is 0 Å². The van der Waals surface area contributed by atoms with Crippen LogP contribution in [0.25, 0.3) is 99.1 Å². The van der Waals surface area contributed by atoms with E-state index in [9.17, 15) is 0 Å². The zero-order valence-electron chi connectivity index (χ0n) is 35.0. The molecule has 0 amide bonds. The van der Waals surface area contributed by atoms with Crippen LogP contribution in [0.3, 0.4) is 0 Å². The van der Waals surface area contributed by atoms with Crippen molar-refractivity contribution in [2.75, 3.05) is 4.90 Å². The Balaban J connectivity index is 1.18. The molecule has 0 spiro atoms. The van der Waals surface area contributed by atoms with Gasteiger partial charge in [0.1, 0.15) is 11.2 Å². The van der Waals surface area contributed by atoms with Crippen LogP contribution in [0.15, 0.2) is 253 Å². The van der Waals surface area contributed by atoms with Gasteiger partial charge in [-0.1, -0.05) is 218 Å². The summed E-state index contributed by atoms with van der Waals surface area (Å²) in [5, 5.41) is 7.05. The average molecular weight is 816 g/mol. The lowest BCUT2D eigenvalue weighted by Gasteiger charge is -2.32. The zero-order chi connectivity index (χ0) is 42.4. The van der Waals surface area contributed by atoms with Gasteiger partial charge in [-0.3, -0.25) is 0 Å². The standard InChI is InChI=1S/C62H41NO/c1-3-20-42(21-4-1)46-32-15-24-44-26-17-34-51(60(44)46)48-28-7-11-37-55(48)63(57-39-13-9-30-50(57)53-36-19-41-59-62(53)54-31-10-14-40-58(54)64-59)56-38-12-8-29-49(56)52-35-18-27-45-25-16-33-47(61(45)52)43-22-5-2-6-23-43/h1-41H. The highest BCUT2D eigenvalue weighted by molar-refractivity contribution is 6.16. The quantitative estimate of drug-likeness (QED) is 0.152. The lowest BCUT2D eigenvalue weighted by Crippen LogP contribution is -2.13. The van der Waals surface area contributed by atoms with Gasteiger partial charge in [-0.2, -0.15) is 0 Å². The van der Waals surface area contributed by atoms with Crippen LogP contribution < -0.4 is 4.90 Å². The minimum atomic E-state index is 0.870. The molecule has 300 valence electrons. The molecular formula is C62H41NO. The van der Waals surface area contributed by atoms with Crippen LogP contribution in [0, 0.1) is 0 Å². The number of benzene rings is 11. The van der Waals surface area contributed by atoms with E-state index in [1.807, 2.05) is 6.07 Å². The van der Waals surface area contributed by atoms with Gasteiger partial charge >= 0.3 is 0 Å². The Labute approximate surface area is 372 Å². The van der Waals surface area contributed by atoms with Gasteiger partial charge in [0.15, 0.2) is 0 Å². The minimum Gasteiger partial charge on any atom is -0.456 e. The number of rotatable bonds is 8. The second kappa shape index (κ2) is 15.8. The Morgan fingerprint density at radius 3 is 1.06 bits per heavy atom. The summed E-state index contributed by atoms with van der Waals surface area (Å²) in [4.78, 5) is 2.51. The predicted molar refractivity (Wildman–Crippen MR) is 271 cm³/mol. The van der Waals surface area contributed by atoms with Gasteiger partial charge in [0.05, 0.1) is 17.1 Å². The van der Waals surface area contributed by atoms with Crippen molar-refractivity contribution in [2.24, 2.45) is 0 Å².